The Bertz CT molecular complexity index is 1420. The van der Waals surface area contributed by atoms with E-state index < -0.39 is 11.5 Å². The average Bonchev–Trinajstić information content (AvgIpc) is 3.61. The van der Waals surface area contributed by atoms with Crippen molar-refractivity contribution in [2.24, 2.45) is 0 Å². The molecule has 1 atom stereocenters. The Kier molecular flexibility index (Phi) is 4.95. The summed E-state index contributed by atoms with van der Waals surface area (Å²) >= 11 is 0. The van der Waals surface area contributed by atoms with Crippen LogP contribution in [0.3, 0.4) is 0 Å². The number of carbonyl (C=O) groups is 1. The second-order valence-corrected chi connectivity index (χ2v) is 8.50. The molecule has 0 radical (unpaired) electrons. The van der Waals surface area contributed by atoms with Crippen molar-refractivity contribution in [2.45, 2.75) is 25.0 Å². The van der Waals surface area contributed by atoms with Gasteiger partial charge in [-0.2, -0.15) is 5.10 Å². The van der Waals surface area contributed by atoms with Gasteiger partial charge in [0.2, 0.25) is 17.4 Å². The number of nitrogens with one attached hydrogen (secondary N) is 1. The molecule has 1 amide bonds. The van der Waals surface area contributed by atoms with Crippen molar-refractivity contribution in [1.82, 2.24) is 34.8 Å². The highest BCUT2D eigenvalue weighted by atomic mass is 16.5. The van der Waals surface area contributed by atoms with Crippen molar-refractivity contribution in [3.8, 4) is 28.7 Å². The number of fused-ring (bicyclic) bond motifs is 1. The first kappa shape index (κ1) is 21.2. The fourth-order valence-corrected chi connectivity index (χ4v) is 4.23. The van der Waals surface area contributed by atoms with E-state index in [4.69, 9.17) is 9.26 Å². The third-order valence-electron chi connectivity index (χ3n) is 6.15. The summed E-state index contributed by atoms with van der Waals surface area (Å²) in [6.45, 7) is 1.89. The van der Waals surface area contributed by atoms with E-state index in [0.717, 1.165) is 13.0 Å². The number of hydrogen-bond acceptors (Lipinski definition) is 10. The summed E-state index contributed by atoms with van der Waals surface area (Å²) in [6.07, 6.45) is 4.49. The number of carbonyl (C=O) groups excluding carboxylic acids is 1. The number of aryl methyl sites for hydroxylation is 1. The van der Waals surface area contributed by atoms with Crippen LogP contribution < -0.4 is 10.1 Å². The van der Waals surface area contributed by atoms with Gasteiger partial charge in [0, 0.05) is 45.2 Å². The maximum atomic E-state index is 12.4. The Morgan fingerprint density at radius 1 is 1.11 bits per heavy atom. The van der Waals surface area contributed by atoms with Crippen LogP contribution in [0.25, 0.3) is 22.8 Å². The molecule has 0 spiro atoms. The Morgan fingerprint density at radius 3 is 2.77 bits per heavy atom. The van der Waals surface area contributed by atoms with E-state index in [1.807, 2.05) is 12.1 Å². The molecule has 2 aliphatic heterocycles. The van der Waals surface area contributed by atoms with E-state index in [9.17, 15) is 9.90 Å². The highest BCUT2D eigenvalue weighted by molar-refractivity contribution is 5.87. The van der Waals surface area contributed by atoms with Crippen LogP contribution in [0.1, 0.15) is 18.6 Å². The molecule has 0 bridgehead atoms. The molecule has 12 heteroatoms. The standard InChI is InChI=1S/C23H22N8O4/c1-30-10-7-23(33,21(30)32)19-12-17(29-35-19)15-5-2-4-14(26-15)16-6-8-24-22(27-16)28-18-13-25-31-9-3-11-34-20(18)31/h2,4-6,8,12-13,33H,3,7,9-11H2,1H3,(H,24,27,28). The zero-order chi connectivity index (χ0) is 24.0. The summed E-state index contributed by atoms with van der Waals surface area (Å²) < 4.78 is 12.9. The molecule has 0 saturated carbocycles. The number of amides is 1. The van der Waals surface area contributed by atoms with Gasteiger partial charge in [-0.15, -0.1) is 0 Å². The lowest BCUT2D eigenvalue weighted by molar-refractivity contribution is -0.144. The number of anilines is 2. The van der Waals surface area contributed by atoms with Crippen molar-refractivity contribution >= 4 is 17.5 Å². The molecule has 2 aliphatic rings. The molecule has 12 nitrogen and oxygen atoms in total. The minimum Gasteiger partial charge on any atom is -0.476 e. The van der Waals surface area contributed by atoms with Crippen LogP contribution in [-0.2, 0) is 16.9 Å². The molecule has 178 valence electrons. The van der Waals surface area contributed by atoms with Crippen LogP contribution in [0.15, 0.2) is 47.2 Å². The number of likely N-dealkylation sites (tertiary alicyclic amines) is 1. The first-order chi connectivity index (χ1) is 17.0. The maximum absolute atomic E-state index is 12.4. The molecule has 1 unspecified atom stereocenters. The van der Waals surface area contributed by atoms with Crippen molar-refractivity contribution < 1.29 is 19.2 Å². The SMILES string of the molecule is CN1CCC(O)(c2cc(-c3cccc(-c4ccnc(Nc5cnn6c5OCCC6)n4)n3)no2)C1=O. The first-order valence-electron chi connectivity index (χ1n) is 11.2. The highest BCUT2D eigenvalue weighted by Crippen LogP contribution is 2.35. The summed E-state index contributed by atoms with van der Waals surface area (Å²) in [6, 6.07) is 8.73. The molecular formula is C23H22N8O4. The van der Waals surface area contributed by atoms with E-state index >= 15 is 0 Å². The minimum atomic E-state index is -1.71. The zero-order valence-corrected chi connectivity index (χ0v) is 18.9. The number of nitrogens with zero attached hydrogens (tertiary/aromatic N) is 7. The Hall–Kier alpha value is -4.32. The lowest BCUT2D eigenvalue weighted by Crippen LogP contribution is -2.35. The third kappa shape index (κ3) is 3.67. The van der Waals surface area contributed by atoms with Crippen LogP contribution in [0, 0.1) is 0 Å². The highest BCUT2D eigenvalue weighted by Gasteiger charge is 2.48. The number of aromatic nitrogens is 6. The predicted octanol–water partition coefficient (Wildman–Crippen LogP) is 1.97. The van der Waals surface area contributed by atoms with Gasteiger partial charge in [0.1, 0.15) is 11.4 Å². The molecule has 4 aromatic rings. The van der Waals surface area contributed by atoms with Crippen LogP contribution >= 0.6 is 0 Å². The van der Waals surface area contributed by atoms with E-state index in [0.29, 0.717) is 53.4 Å². The second kappa shape index (κ2) is 8.17. The summed E-state index contributed by atoms with van der Waals surface area (Å²) in [5.74, 6) is 0.748. The minimum absolute atomic E-state index is 0.106. The Labute approximate surface area is 199 Å². The summed E-state index contributed by atoms with van der Waals surface area (Å²) in [7, 11) is 1.64. The predicted molar refractivity (Wildman–Crippen MR) is 123 cm³/mol. The number of hydrogen-bond donors (Lipinski definition) is 2. The van der Waals surface area contributed by atoms with E-state index in [1.54, 1.807) is 42.3 Å². The summed E-state index contributed by atoms with van der Waals surface area (Å²) in [4.78, 5) is 27.4. The molecule has 0 aromatic carbocycles. The lowest BCUT2D eigenvalue weighted by atomic mass is 9.98. The maximum Gasteiger partial charge on any atom is 0.262 e. The fraction of sp³-hybridized carbons (Fsp3) is 0.304. The topological polar surface area (TPSA) is 144 Å². The molecule has 0 aliphatic carbocycles. The van der Waals surface area contributed by atoms with Gasteiger partial charge in [0.25, 0.3) is 5.91 Å². The van der Waals surface area contributed by atoms with E-state index in [-0.39, 0.29) is 12.2 Å². The summed E-state index contributed by atoms with van der Waals surface area (Å²) in [5, 5.41) is 22.4. The van der Waals surface area contributed by atoms with Crippen LogP contribution in [0.2, 0.25) is 0 Å². The number of pyridine rings is 1. The molecule has 2 N–H and O–H groups in total. The van der Waals surface area contributed by atoms with Gasteiger partial charge in [-0.05, 0) is 18.2 Å². The summed E-state index contributed by atoms with van der Waals surface area (Å²) in [5.41, 5.74) is 1.12. The lowest BCUT2D eigenvalue weighted by Gasteiger charge is -2.16. The van der Waals surface area contributed by atoms with Crippen LogP contribution in [0.5, 0.6) is 5.88 Å². The number of ether oxygens (including phenoxy) is 1. The molecule has 35 heavy (non-hydrogen) atoms. The second-order valence-electron chi connectivity index (χ2n) is 8.50. The van der Waals surface area contributed by atoms with E-state index in [2.05, 4.69) is 30.5 Å². The van der Waals surface area contributed by atoms with Gasteiger partial charge in [-0.1, -0.05) is 11.2 Å². The van der Waals surface area contributed by atoms with Crippen molar-refractivity contribution in [3.05, 3.63) is 48.5 Å². The van der Waals surface area contributed by atoms with Gasteiger partial charge < -0.3 is 24.6 Å². The molecule has 1 fully saturated rings. The van der Waals surface area contributed by atoms with Crippen molar-refractivity contribution in [2.75, 3.05) is 25.5 Å². The largest absolute Gasteiger partial charge is 0.476 e. The quantitative estimate of drug-likeness (QED) is 0.440. The zero-order valence-electron chi connectivity index (χ0n) is 18.9. The van der Waals surface area contributed by atoms with Gasteiger partial charge in [0.05, 0.1) is 29.9 Å². The smallest absolute Gasteiger partial charge is 0.262 e. The Morgan fingerprint density at radius 2 is 1.94 bits per heavy atom. The van der Waals surface area contributed by atoms with Gasteiger partial charge in [-0.25, -0.2) is 19.6 Å². The van der Waals surface area contributed by atoms with Crippen molar-refractivity contribution in [3.63, 3.8) is 0 Å². The number of aliphatic hydroxyl groups is 1. The van der Waals surface area contributed by atoms with Gasteiger partial charge >= 0.3 is 0 Å². The number of likely N-dealkylation sites (N-methyl/N-ethyl adjacent to an activating group) is 1. The van der Waals surface area contributed by atoms with Crippen LogP contribution in [0.4, 0.5) is 11.6 Å². The molecule has 4 aromatic heterocycles. The fourth-order valence-electron chi connectivity index (χ4n) is 4.23. The van der Waals surface area contributed by atoms with Gasteiger partial charge in [-0.3, -0.25) is 4.79 Å². The first-order valence-corrected chi connectivity index (χ1v) is 11.2. The average molecular weight is 474 g/mol. The Balaban J connectivity index is 1.26. The van der Waals surface area contributed by atoms with Crippen LogP contribution in [-0.4, -0.2) is 66.0 Å². The normalized spacial score (nSPS) is 19.5. The molecule has 6 rings (SSSR count). The molecule has 1 saturated heterocycles. The molecular weight excluding hydrogens is 452 g/mol. The number of rotatable bonds is 5. The monoisotopic (exact) mass is 474 g/mol. The van der Waals surface area contributed by atoms with E-state index in [1.165, 1.54) is 4.90 Å². The third-order valence-corrected chi connectivity index (χ3v) is 6.15. The molecule has 6 heterocycles. The van der Waals surface area contributed by atoms with Crippen molar-refractivity contribution in [1.29, 1.82) is 0 Å². The van der Waals surface area contributed by atoms with Gasteiger partial charge in [0.15, 0.2) is 5.76 Å².